The average Bonchev–Trinajstić information content (AvgIpc) is 3.18. The first kappa shape index (κ1) is 14.0. The van der Waals surface area contributed by atoms with Crippen LogP contribution in [0.2, 0.25) is 0 Å². The fourth-order valence-electron chi connectivity index (χ4n) is 3.06. The van der Waals surface area contributed by atoms with Crippen molar-refractivity contribution in [3.05, 3.63) is 58.3 Å². The molecule has 1 aliphatic heterocycles. The highest BCUT2D eigenvalue weighted by molar-refractivity contribution is 7.12. The Bertz CT molecular complexity index is 932. The van der Waals surface area contributed by atoms with E-state index in [1.165, 1.54) is 11.3 Å². The number of amides is 2. The second-order valence-corrected chi connectivity index (χ2v) is 6.29. The van der Waals surface area contributed by atoms with Crippen LogP contribution in [-0.2, 0) is 0 Å². The maximum atomic E-state index is 12.5. The molecule has 2 aromatic carbocycles. The van der Waals surface area contributed by atoms with Crippen LogP contribution in [0.1, 0.15) is 27.0 Å². The van der Waals surface area contributed by atoms with E-state index in [-0.39, 0.29) is 11.8 Å². The summed E-state index contributed by atoms with van der Waals surface area (Å²) in [6.07, 6.45) is 0. The van der Waals surface area contributed by atoms with Gasteiger partial charge >= 0.3 is 0 Å². The summed E-state index contributed by atoms with van der Waals surface area (Å²) < 4.78 is 0. The van der Waals surface area contributed by atoms with E-state index >= 15 is 0 Å². The van der Waals surface area contributed by atoms with Gasteiger partial charge in [0.2, 0.25) is 0 Å². The number of rotatable bonds is 3. The molecule has 0 aliphatic carbocycles. The molecule has 2 heterocycles. The van der Waals surface area contributed by atoms with Crippen LogP contribution in [0.15, 0.2) is 47.8 Å². The van der Waals surface area contributed by atoms with Crippen molar-refractivity contribution in [2.75, 3.05) is 16.8 Å². The molecule has 1 aromatic heterocycles. The summed E-state index contributed by atoms with van der Waals surface area (Å²) in [5, 5.41) is 6.65. The molecular formula is C18H14N2O2S. The minimum atomic E-state index is -0.127. The number of hydrogen-bond donors (Lipinski definition) is 1. The van der Waals surface area contributed by atoms with Crippen molar-refractivity contribution >= 4 is 45.3 Å². The monoisotopic (exact) mass is 322 g/mol. The number of thiophene rings is 1. The Morgan fingerprint density at radius 3 is 2.78 bits per heavy atom. The molecule has 0 bridgehead atoms. The quantitative estimate of drug-likeness (QED) is 0.788. The highest BCUT2D eigenvalue weighted by atomic mass is 32.1. The summed E-state index contributed by atoms with van der Waals surface area (Å²) in [7, 11) is 0. The normalized spacial score (nSPS) is 12.9. The summed E-state index contributed by atoms with van der Waals surface area (Å²) in [5.41, 5.74) is 2.35. The average molecular weight is 322 g/mol. The van der Waals surface area contributed by atoms with Crippen LogP contribution < -0.4 is 10.2 Å². The van der Waals surface area contributed by atoms with Crippen LogP contribution in [0, 0.1) is 0 Å². The van der Waals surface area contributed by atoms with E-state index in [0.717, 1.165) is 22.1 Å². The minimum Gasteiger partial charge on any atom is -0.321 e. The summed E-state index contributed by atoms with van der Waals surface area (Å²) in [4.78, 5) is 27.2. The second kappa shape index (κ2) is 5.21. The van der Waals surface area contributed by atoms with Crippen molar-refractivity contribution in [3.8, 4) is 0 Å². The minimum absolute atomic E-state index is 0.0230. The van der Waals surface area contributed by atoms with Gasteiger partial charge in [0, 0.05) is 28.6 Å². The van der Waals surface area contributed by atoms with E-state index in [4.69, 9.17) is 0 Å². The van der Waals surface area contributed by atoms with E-state index in [9.17, 15) is 9.59 Å². The maximum absolute atomic E-state index is 12.5. The van der Waals surface area contributed by atoms with Crippen molar-refractivity contribution in [3.63, 3.8) is 0 Å². The van der Waals surface area contributed by atoms with Gasteiger partial charge in [-0.2, -0.15) is 0 Å². The molecule has 0 fully saturated rings. The first-order valence-corrected chi connectivity index (χ1v) is 8.31. The number of carbonyl (C=O) groups excluding carboxylic acids is 2. The zero-order valence-electron chi connectivity index (χ0n) is 12.5. The third kappa shape index (κ3) is 2.04. The molecule has 4 nitrogen and oxygen atoms in total. The Balaban J connectivity index is 1.83. The Kier molecular flexibility index (Phi) is 3.16. The first-order valence-electron chi connectivity index (χ1n) is 7.43. The van der Waals surface area contributed by atoms with Crippen molar-refractivity contribution in [1.82, 2.24) is 0 Å². The Morgan fingerprint density at radius 2 is 2.04 bits per heavy atom. The van der Waals surface area contributed by atoms with Crippen molar-refractivity contribution in [2.45, 2.75) is 6.92 Å². The molecule has 4 rings (SSSR count). The molecule has 0 spiro atoms. The van der Waals surface area contributed by atoms with Crippen LogP contribution in [0.5, 0.6) is 0 Å². The van der Waals surface area contributed by atoms with Gasteiger partial charge in [-0.1, -0.05) is 18.2 Å². The summed E-state index contributed by atoms with van der Waals surface area (Å²) in [6, 6.07) is 13.1. The third-order valence-corrected chi connectivity index (χ3v) is 4.96. The predicted molar refractivity (Wildman–Crippen MR) is 93.6 cm³/mol. The molecule has 0 saturated heterocycles. The van der Waals surface area contributed by atoms with E-state index in [2.05, 4.69) is 5.32 Å². The van der Waals surface area contributed by atoms with Gasteiger partial charge < -0.3 is 10.2 Å². The highest BCUT2D eigenvalue weighted by Gasteiger charge is 2.29. The van der Waals surface area contributed by atoms with E-state index in [1.54, 1.807) is 17.0 Å². The van der Waals surface area contributed by atoms with Crippen LogP contribution in [0.25, 0.3) is 10.8 Å². The third-order valence-electron chi connectivity index (χ3n) is 4.09. The van der Waals surface area contributed by atoms with Crippen LogP contribution in [-0.4, -0.2) is 18.4 Å². The number of hydrogen-bond acceptors (Lipinski definition) is 3. The molecule has 1 N–H and O–H groups in total. The summed E-state index contributed by atoms with van der Waals surface area (Å²) in [6.45, 7) is 2.59. The van der Waals surface area contributed by atoms with Crippen molar-refractivity contribution in [1.29, 1.82) is 0 Å². The summed E-state index contributed by atoms with van der Waals surface area (Å²) in [5.74, 6) is -0.104. The van der Waals surface area contributed by atoms with Crippen LogP contribution in [0.3, 0.4) is 0 Å². The zero-order chi connectivity index (χ0) is 16.0. The SMILES string of the molecule is CCN1C(=O)c2ccc(NC(=O)c3cccs3)c3cccc1c23. The molecule has 3 aromatic rings. The number of benzene rings is 2. The molecule has 0 atom stereocenters. The molecule has 2 amide bonds. The number of nitrogens with one attached hydrogen (secondary N) is 1. The van der Waals surface area contributed by atoms with Crippen LogP contribution >= 0.6 is 11.3 Å². The Morgan fingerprint density at radius 1 is 1.17 bits per heavy atom. The lowest BCUT2D eigenvalue weighted by Gasteiger charge is -2.14. The number of carbonyl (C=O) groups is 2. The van der Waals surface area contributed by atoms with Crippen LogP contribution in [0.4, 0.5) is 11.4 Å². The lowest BCUT2D eigenvalue weighted by molar-refractivity contribution is 0.0993. The van der Waals surface area contributed by atoms with E-state index < -0.39 is 0 Å². The topological polar surface area (TPSA) is 49.4 Å². The van der Waals surface area contributed by atoms with Gasteiger partial charge in [0.05, 0.1) is 10.6 Å². The molecule has 5 heteroatoms. The molecule has 0 radical (unpaired) electrons. The fourth-order valence-corrected chi connectivity index (χ4v) is 3.68. The van der Waals surface area contributed by atoms with Gasteiger partial charge in [-0.25, -0.2) is 0 Å². The molecule has 1 aliphatic rings. The van der Waals surface area contributed by atoms with Gasteiger partial charge in [-0.15, -0.1) is 11.3 Å². The van der Waals surface area contributed by atoms with E-state index in [0.29, 0.717) is 17.0 Å². The molecule has 0 unspecified atom stereocenters. The Hall–Kier alpha value is -2.66. The number of nitrogens with zero attached hydrogens (tertiary/aromatic N) is 1. The largest absolute Gasteiger partial charge is 0.321 e. The highest BCUT2D eigenvalue weighted by Crippen LogP contribution is 2.40. The lowest BCUT2D eigenvalue weighted by atomic mass is 10.0. The van der Waals surface area contributed by atoms with Gasteiger partial charge in [-0.3, -0.25) is 9.59 Å². The van der Waals surface area contributed by atoms with E-state index in [1.807, 2.05) is 42.6 Å². The smallest absolute Gasteiger partial charge is 0.265 e. The predicted octanol–water partition coefficient (Wildman–Crippen LogP) is 4.13. The Labute approximate surface area is 137 Å². The van der Waals surface area contributed by atoms with Gasteiger partial charge in [0.1, 0.15) is 0 Å². The molecular weight excluding hydrogens is 308 g/mol. The number of anilines is 2. The summed E-state index contributed by atoms with van der Waals surface area (Å²) >= 11 is 1.40. The zero-order valence-corrected chi connectivity index (χ0v) is 13.3. The first-order chi connectivity index (χ1) is 11.2. The van der Waals surface area contributed by atoms with Crippen molar-refractivity contribution in [2.24, 2.45) is 0 Å². The van der Waals surface area contributed by atoms with Gasteiger partial charge in [-0.05, 0) is 36.6 Å². The molecule has 114 valence electrons. The van der Waals surface area contributed by atoms with Crippen molar-refractivity contribution < 1.29 is 9.59 Å². The lowest BCUT2D eigenvalue weighted by Crippen LogP contribution is -2.25. The fraction of sp³-hybridized carbons (Fsp3) is 0.111. The molecule has 0 saturated carbocycles. The molecule has 23 heavy (non-hydrogen) atoms. The standard InChI is InChI=1S/C18H14N2O2S/c1-2-20-14-6-3-5-11-13(9-8-12(16(11)14)18(20)22)19-17(21)15-7-4-10-23-15/h3-10H,2H2,1H3,(H,19,21). The second-order valence-electron chi connectivity index (χ2n) is 5.34. The van der Waals surface area contributed by atoms with Gasteiger partial charge in [0.15, 0.2) is 0 Å². The maximum Gasteiger partial charge on any atom is 0.265 e. The van der Waals surface area contributed by atoms with Gasteiger partial charge in [0.25, 0.3) is 11.8 Å².